The van der Waals surface area contributed by atoms with Gasteiger partial charge in [-0.15, -0.1) is 22.7 Å². The number of benzene rings is 9. The highest BCUT2D eigenvalue weighted by Gasteiger charge is 2.33. The summed E-state index contributed by atoms with van der Waals surface area (Å²) in [5.41, 5.74) is 11.9. The number of aryl methyl sites for hydroxylation is 2. The summed E-state index contributed by atoms with van der Waals surface area (Å²) in [4.78, 5) is 4.63. The second-order valence-electron chi connectivity index (χ2n) is 16.7. The Kier molecular flexibility index (Phi) is 7.87. The van der Waals surface area contributed by atoms with Gasteiger partial charge >= 0.3 is 0 Å². The highest BCUT2D eigenvalue weighted by Crippen LogP contribution is 2.55. The van der Waals surface area contributed by atoms with Gasteiger partial charge < -0.3 is 9.13 Å². The zero-order valence-electron chi connectivity index (χ0n) is 34.8. The molecular formula is C58H34N4S2. The van der Waals surface area contributed by atoms with Gasteiger partial charge in [0.2, 0.25) is 5.69 Å². The maximum Gasteiger partial charge on any atom is 0.220 e. The highest BCUT2D eigenvalue weighted by molar-refractivity contribution is 7.27. The number of thiophene rings is 2. The van der Waals surface area contributed by atoms with Crippen LogP contribution < -0.4 is 0 Å². The zero-order chi connectivity index (χ0) is 42.8. The van der Waals surface area contributed by atoms with Crippen LogP contribution in [0.15, 0.2) is 170 Å². The quantitative estimate of drug-likeness (QED) is 0.163. The van der Waals surface area contributed by atoms with Crippen LogP contribution in [-0.2, 0) is 0 Å². The largest absolute Gasteiger partial charge is 0.316 e. The third-order valence-electron chi connectivity index (χ3n) is 13.1. The van der Waals surface area contributed by atoms with Crippen LogP contribution in [0.1, 0.15) is 16.7 Å². The minimum Gasteiger partial charge on any atom is -0.316 e. The molecule has 0 saturated carbocycles. The average Bonchev–Trinajstić information content (AvgIpc) is 4.08. The molecular weight excluding hydrogens is 817 g/mol. The third-order valence-corrected chi connectivity index (χ3v) is 15.5. The van der Waals surface area contributed by atoms with Crippen molar-refractivity contribution in [1.29, 1.82) is 5.26 Å². The zero-order valence-corrected chi connectivity index (χ0v) is 36.4. The van der Waals surface area contributed by atoms with Crippen LogP contribution in [0.2, 0.25) is 0 Å². The van der Waals surface area contributed by atoms with Crippen molar-refractivity contribution in [3.05, 3.63) is 198 Å². The Bertz CT molecular complexity index is 4070. The first-order chi connectivity index (χ1) is 31.5. The predicted octanol–water partition coefficient (Wildman–Crippen LogP) is 17.0. The van der Waals surface area contributed by atoms with Gasteiger partial charge in [-0.25, -0.2) is 4.85 Å². The van der Waals surface area contributed by atoms with Crippen molar-refractivity contribution in [2.75, 3.05) is 0 Å². The molecule has 0 amide bonds. The van der Waals surface area contributed by atoms with Crippen LogP contribution in [0.4, 0.5) is 5.69 Å². The van der Waals surface area contributed by atoms with E-state index >= 15 is 0 Å². The molecule has 298 valence electrons. The number of aromatic nitrogens is 2. The maximum atomic E-state index is 11.9. The van der Waals surface area contributed by atoms with Gasteiger partial charge in [-0.3, -0.25) is 0 Å². The Morgan fingerprint density at radius 1 is 0.469 bits per heavy atom. The number of para-hydroxylation sites is 2. The van der Waals surface area contributed by atoms with E-state index in [9.17, 15) is 11.8 Å². The van der Waals surface area contributed by atoms with Crippen LogP contribution in [0, 0.1) is 31.8 Å². The maximum absolute atomic E-state index is 11.9. The number of nitriles is 1. The molecule has 0 fully saturated rings. The molecule has 0 aliphatic rings. The van der Waals surface area contributed by atoms with Crippen molar-refractivity contribution in [2.45, 2.75) is 13.8 Å². The fraction of sp³-hybridized carbons (Fsp3) is 0.0345. The monoisotopic (exact) mass is 850 g/mol. The van der Waals surface area contributed by atoms with Gasteiger partial charge in [0.1, 0.15) is 6.07 Å². The highest BCUT2D eigenvalue weighted by atomic mass is 32.1. The molecule has 6 heteroatoms. The molecule has 0 spiro atoms. The minimum atomic E-state index is 0.443. The molecule has 4 aromatic heterocycles. The first-order valence-electron chi connectivity index (χ1n) is 21.4. The van der Waals surface area contributed by atoms with Crippen molar-refractivity contribution >= 4 is 112 Å². The van der Waals surface area contributed by atoms with Gasteiger partial charge in [0, 0.05) is 63.6 Å². The Balaban J connectivity index is 1.38. The SMILES string of the molecule is [C-]#[N+]c1c(-c2cccc(C)c2)c(C#N)c(-n2c3ccccc3c3ccccc32)c(-c2cccc(C)c2)c1-n1c2c(ccc3c4ccccc4sc32)c2ccc3c4ccccc4sc3c21. The van der Waals surface area contributed by atoms with Crippen LogP contribution in [-0.4, -0.2) is 9.13 Å². The number of hydrogen-bond donors (Lipinski definition) is 0. The molecule has 0 radical (unpaired) electrons. The summed E-state index contributed by atoms with van der Waals surface area (Å²) in [5.74, 6) is 0. The van der Waals surface area contributed by atoms with Crippen LogP contribution in [0.5, 0.6) is 0 Å². The van der Waals surface area contributed by atoms with E-state index in [4.69, 9.17) is 0 Å². The van der Waals surface area contributed by atoms with Gasteiger partial charge in [-0.2, -0.15) is 5.26 Å². The second-order valence-corrected chi connectivity index (χ2v) is 18.8. The van der Waals surface area contributed by atoms with E-state index in [2.05, 4.69) is 198 Å². The first-order valence-corrected chi connectivity index (χ1v) is 23.0. The van der Waals surface area contributed by atoms with Crippen LogP contribution in [0.3, 0.4) is 0 Å². The molecule has 64 heavy (non-hydrogen) atoms. The van der Waals surface area contributed by atoms with Gasteiger partial charge in [0.05, 0.1) is 55.0 Å². The molecule has 0 unspecified atom stereocenters. The van der Waals surface area contributed by atoms with E-state index in [1.165, 1.54) is 30.9 Å². The summed E-state index contributed by atoms with van der Waals surface area (Å²) in [6.07, 6.45) is 0. The third kappa shape index (κ3) is 5.01. The predicted molar refractivity (Wildman–Crippen MR) is 272 cm³/mol. The lowest BCUT2D eigenvalue weighted by Gasteiger charge is -2.26. The molecule has 13 aromatic rings. The van der Waals surface area contributed by atoms with Crippen molar-refractivity contribution in [3.63, 3.8) is 0 Å². The lowest BCUT2D eigenvalue weighted by molar-refractivity contribution is 1.14. The lowest BCUT2D eigenvalue weighted by Crippen LogP contribution is -2.09. The molecule has 4 nitrogen and oxygen atoms in total. The lowest BCUT2D eigenvalue weighted by atomic mass is 9.88. The van der Waals surface area contributed by atoms with E-state index in [1.807, 2.05) is 6.07 Å². The van der Waals surface area contributed by atoms with Gasteiger partial charge in [-0.05, 0) is 49.2 Å². The number of nitrogens with zero attached hydrogens (tertiary/aromatic N) is 4. The van der Waals surface area contributed by atoms with E-state index in [1.54, 1.807) is 22.7 Å². The summed E-state index contributed by atoms with van der Waals surface area (Å²) < 4.78 is 9.50. The fourth-order valence-electron chi connectivity index (χ4n) is 10.5. The van der Waals surface area contributed by atoms with E-state index in [0.29, 0.717) is 16.8 Å². The van der Waals surface area contributed by atoms with Gasteiger partial charge in [0.25, 0.3) is 0 Å². The van der Waals surface area contributed by atoms with E-state index in [0.717, 1.165) is 92.2 Å². The molecule has 0 atom stereocenters. The Morgan fingerprint density at radius 3 is 1.44 bits per heavy atom. The van der Waals surface area contributed by atoms with Crippen molar-refractivity contribution < 1.29 is 0 Å². The molecule has 0 aliphatic carbocycles. The second kappa shape index (κ2) is 13.8. The van der Waals surface area contributed by atoms with Gasteiger partial charge in [-0.1, -0.05) is 157 Å². The summed E-state index contributed by atoms with van der Waals surface area (Å²) >= 11 is 3.61. The van der Waals surface area contributed by atoms with Crippen molar-refractivity contribution in [1.82, 2.24) is 9.13 Å². The number of fused-ring (bicyclic) bond motifs is 14. The molecule has 9 aromatic carbocycles. The molecule has 0 saturated heterocycles. The normalized spacial score (nSPS) is 11.9. The van der Waals surface area contributed by atoms with E-state index in [-0.39, 0.29) is 0 Å². The average molecular weight is 851 g/mol. The van der Waals surface area contributed by atoms with Crippen molar-refractivity contribution in [2.24, 2.45) is 0 Å². The molecule has 0 aliphatic heterocycles. The Morgan fingerprint density at radius 2 is 0.938 bits per heavy atom. The molecule has 0 bridgehead atoms. The first kappa shape index (κ1) is 36.6. The molecule has 13 rings (SSSR count). The summed E-state index contributed by atoms with van der Waals surface area (Å²) in [6.45, 7) is 13.6. The van der Waals surface area contributed by atoms with Gasteiger partial charge in [0.15, 0.2) is 0 Å². The Hall–Kier alpha value is -8.00. The molecule has 0 N–H and O–H groups in total. The van der Waals surface area contributed by atoms with Crippen LogP contribution >= 0.6 is 22.7 Å². The minimum absolute atomic E-state index is 0.443. The smallest absolute Gasteiger partial charge is 0.220 e. The van der Waals surface area contributed by atoms with Crippen LogP contribution in [0.25, 0.3) is 122 Å². The summed E-state index contributed by atoms with van der Waals surface area (Å²) in [6, 6.07) is 63.1. The standard InChI is InChI=1S/C58H34N4S2/c1-33-14-12-16-35(30-33)50-45(32-59)53(61-46-22-8-4-18-37(46)38-19-5-9-23-47(38)61)51(36-17-13-15-34(2)31-36)56(52(50)60-3)62-54-41(26-28-43-39-20-6-10-24-48(39)63-57(43)54)42-27-29-44-40-21-7-11-25-49(40)64-58(44)55(42)62/h4-31H,1-2H3. The Labute approximate surface area is 376 Å². The fourth-order valence-corrected chi connectivity index (χ4v) is 12.9. The number of hydrogen-bond acceptors (Lipinski definition) is 3. The van der Waals surface area contributed by atoms with Crippen molar-refractivity contribution in [3.8, 4) is 39.7 Å². The summed E-state index contributed by atoms with van der Waals surface area (Å²) in [5, 5.41) is 21.1. The topological polar surface area (TPSA) is 38.0 Å². The van der Waals surface area contributed by atoms with E-state index < -0.39 is 0 Å². The number of rotatable bonds is 4. The summed E-state index contributed by atoms with van der Waals surface area (Å²) in [7, 11) is 0. The molecule has 4 heterocycles.